The van der Waals surface area contributed by atoms with Gasteiger partial charge in [0.15, 0.2) is 0 Å². The summed E-state index contributed by atoms with van der Waals surface area (Å²) in [6, 6.07) is 17.3. The number of carbonyl (C=O) groups excluding carboxylic acids is 1. The van der Waals surface area contributed by atoms with Crippen molar-refractivity contribution in [2.75, 3.05) is 24.5 Å². The molecule has 3 aromatic rings. The second-order valence-electron chi connectivity index (χ2n) is 7.82. The molecule has 0 N–H and O–H groups in total. The first-order valence-electron chi connectivity index (χ1n) is 10.5. The number of benzene rings is 2. The molecule has 2 heterocycles. The van der Waals surface area contributed by atoms with Gasteiger partial charge in [0.1, 0.15) is 17.9 Å². The first kappa shape index (κ1) is 21.8. The van der Waals surface area contributed by atoms with Crippen molar-refractivity contribution in [3.8, 4) is 11.6 Å². The highest BCUT2D eigenvalue weighted by molar-refractivity contribution is 6.32. The summed E-state index contributed by atoms with van der Waals surface area (Å²) in [6.07, 6.45) is 4.98. The first-order valence-corrected chi connectivity index (χ1v) is 10.9. The Morgan fingerprint density at radius 1 is 1.12 bits per heavy atom. The number of anilines is 1. The van der Waals surface area contributed by atoms with Crippen LogP contribution < -0.4 is 9.64 Å². The van der Waals surface area contributed by atoms with Crippen LogP contribution >= 0.6 is 11.6 Å². The maximum absolute atomic E-state index is 12.7. The molecule has 164 valence electrons. The number of hydrogen-bond acceptors (Lipinski definition) is 5. The Morgan fingerprint density at radius 2 is 1.94 bits per heavy atom. The average molecular weight is 449 g/mol. The van der Waals surface area contributed by atoms with Gasteiger partial charge >= 0.3 is 0 Å². The van der Waals surface area contributed by atoms with Crippen LogP contribution in [0.1, 0.15) is 18.1 Å². The van der Waals surface area contributed by atoms with Crippen molar-refractivity contribution in [3.05, 3.63) is 83.2 Å². The summed E-state index contributed by atoms with van der Waals surface area (Å²) < 4.78 is 5.90. The molecule has 0 radical (unpaired) electrons. The van der Waals surface area contributed by atoms with E-state index >= 15 is 0 Å². The van der Waals surface area contributed by atoms with E-state index in [2.05, 4.69) is 14.9 Å². The summed E-state index contributed by atoms with van der Waals surface area (Å²) in [6.45, 7) is 5.99. The quantitative estimate of drug-likeness (QED) is 0.515. The standard InChI is InChI=1S/C25H25ClN4O2/c1-18-8-10-21(26)22(14-18)32-24-15-23(27-17-28-24)29-12-13-30(19(2)16-29)25(31)11-9-20-6-4-3-5-7-20/h3-11,14-15,17,19H,12-13,16H2,1-2H3/b11-9+/t19-/m0/s1. The van der Waals surface area contributed by atoms with Crippen LogP contribution in [0.3, 0.4) is 0 Å². The van der Waals surface area contributed by atoms with Gasteiger partial charge in [0.25, 0.3) is 0 Å². The molecule has 1 aliphatic heterocycles. The molecule has 0 aliphatic carbocycles. The van der Waals surface area contributed by atoms with Gasteiger partial charge in [0, 0.05) is 37.8 Å². The van der Waals surface area contributed by atoms with Crippen molar-refractivity contribution in [2.45, 2.75) is 19.9 Å². The van der Waals surface area contributed by atoms with Crippen LogP contribution in [0, 0.1) is 6.92 Å². The molecule has 0 unspecified atom stereocenters. The van der Waals surface area contributed by atoms with E-state index in [1.54, 1.807) is 18.2 Å². The number of aromatic nitrogens is 2. The molecule has 2 aromatic carbocycles. The number of carbonyl (C=O) groups is 1. The Balaban J connectivity index is 1.41. The molecule has 0 bridgehead atoms. The molecule has 0 saturated carbocycles. The third kappa shape index (κ3) is 5.26. The molecule has 1 atom stereocenters. The molecule has 0 spiro atoms. The zero-order valence-electron chi connectivity index (χ0n) is 18.1. The first-order chi connectivity index (χ1) is 15.5. The van der Waals surface area contributed by atoms with Gasteiger partial charge in [-0.1, -0.05) is 48.0 Å². The number of hydrogen-bond donors (Lipinski definition) is 0. The van der Waals surface area contributed by atoms with Crippen LogP contribution in [-0.2, 0) is 4.79 Å². The fourth-order valence-corrected chi connectivity index (χ4v) is 3.84. The zero-order valence-corrected chi connectivity index (χ0v) is 18.9. The van der Waals surface area contributed by atoms with E-state index in [0.29, 0.717) is 36.3 Å². The van der Waals surface area contributed by atoms with Crippen LogP contribution in [0.5, 0.6) is 11.6 Å². The number of nitrogens with zero attached hydrogens (tertiary/aromatic N) is 4. The van der Waals surface area contributed by atoms with Crippen molar-refractivity contribution in [3.63, 3.8) is 0 Å². The normalized spacial score (nSPS) is 16.4. The van der Waals surface area contributed by atoms with E-state index in [4.69, 9.17) is 16.3 Å². The Labute approximate surface area is 193 Å². The topological polar surface area (TPSA) is 58.6 Å². The van der Waals surface area contributed by atoms with Crippen LogP contribution in [0.2, 0.25) is 5.02 Å². The minimum atomic E-state index is 0.0156. The summed E-state index contributed by atoms with van der Waals surface area (Å²) in [4.78, 5) is 25.4. The molecular weight excluding hydrogens is 424 g/mol. The van der Waals surface area contributed by atoms with Gasteiger partial charge in [-0.15, -0.1) is 0 Å². The molecule has 7 heteroatoms. The Kier molecular flexibility index (Phi) is 6.71. The van der Waals surface area contributed by atoms with Crippen molar-refractivity contribution in [1.82, 2.24) is 14.9 Å². The minimum absolute atomic E-state index is 0.0156. The lowest BCUT2D eigenvalue weighted by molar-refractivity contribution is -0.128. The third-order valence-corrected chi connectivity index (χ3v) is 5.69. The van der Waals surface area contributed by atoms with E-state index in [0.717, 1.165) is 16.9 Å². The van der Waals surface area contributed by atoms with Gasteiger partial charge in [-0.3, -0.25) is 4.79 Å². The fraction of sp³-hybridized carbons (Fsp3) is 0.240. The van der Waals surface area contributed by atoms with E-state index < -0.39 is 0 Å². The maximum atomic E-state index is 12.7. The second kappa shape index (κ2) is 9.83. The summed E-state index contributed by atoms with van der Waals surface area (Å²) >= 11 is 6.24. The Bertz CT molecular complexity index is 1120. The van der Waals surface area contributed by atoms with Crippen LogP contribution in [0.15, 0.2) is 67.0 Å². The number of rotatable bonds is 5. The van der Waals surface area contributed by atoms with Crippen LogP contribution in [-0.4, -0.2) is 46.5 Å². The van der Waals surface area contributed by atoms with Gasteiger partial charge in [-0.2, -0.15) is 0 Å². The van der Waals surface area contributed by atoms with E-state index in [-0.39, 0.29) is 11.9 Å². The number of amides is 1. The monoisotopic (exact) mass is 448 g/mol. The molecule has 4 rings (SSSR count). The molecule has 1 amide bonds. The van der Waals surface area contributed by atoms with Gasteiger partial charge in [-0.05, 0) is 43.2 Å². The zero-order chi connectivity index (χ0) is 22.5. The van der Waals surface area contributed by atoms with Crippen LogP contribution in [0.4, 0.5) is 5.82 Å². The smallest absolute Gasteiger partial charge is 0.246 e. The highest BCUT2D eigenvalue weighted by atomic mass is 35.5. The third-order valence-electron chi connectivity index (χ3n) is 5.38. The van der Waals surface area contributed by atoms with Gasteiger partial charge < -0.3 is 14.5 Å². The Morgan fingerprint density at radius 3 is 2.72 bits per heavy atom. The number of halogens is 1. The molecular formula is C25H25ClN4O2. The predicted octanol–water partition coefficient (Wildman–Crippen LogP) is 4.98. The second-order valence-corrected chi connectivity index (χ2v) is 8.23. The molecule has 32 heavy (non-hydrogen) atoms. The lowest BCUT2D eigenvalue weighted by Crippen LogP contribution is -2.54. The minimum Gasteiger partial charge on any atom is -0.437 e. The molecule has 1 aromatic heterocycles. The maximum Gasteiger partial charge on any atom is 0.246 e. The number of aryl methyl sites for hydroxylation is 1. The largest absolute Gasteiger partial charge is 0.437 e. The van der Waals surface area contributed by atoms with Crippen molar-refractivity contribution >= 4 is 29.4 Å². The van der Waals surface area contributed by atoms with Gasteiger partial charge in [-0.25, -0.2) is 9.97 Å². The molecule has 1 fully saturated rings. The summed E-state index contributed by atoms with van der Waals surface area (Å²) in [5.41, 5.74) is 2.06. The van der Waals surface area contributed by atoms with E-state index in [1.165, 1.54) is 6.33 Å². The lowest BCUT2D eigenvalue weighted by atomic mass is 10.1. The summed E-state index contributed by atoms with van der Waals surface area (Å²) in [5.74, 6) is 1.77. The highest BCUT2D eigenvalue weighted by Gasteiger charge is 2.27. The highest BCUT2D eigenvalue weighted by Crippen LogP contribution is 2.30. The Hall–Kier alpha value is -3.38. The predicted molar refractivity (Wildman–Crippen MR) is 127 cm³/mol. The average Bonchev–Trinajstić information content (AvgIpc) is 2.81. The van der Waals surface area contributed by atoms with E-state index in [9.17, 15) is 4.79 Å². The van der Waals surface area contributed by atoms with Crippen molar-refractivity contribution in [1.29, 1.82) is 0 Å². The molecule has 6 nitrogen and oxygen atoms in total. The van der Waals surface area contributed by atoms with Crippen molar-refractivity contribution in [2.24, 2.45) is 0 Å². The molecule has 1 saturated heterocycles. The number of ether oxygens (including phenoxy) is 1. The van der Waals surface area contributed by atoms with Crippen molar-refractivity contribution < 1.29 is 9.53 Å². The van der Waals surface area contributed by atoms with Crippen LogP contribution in [0.25, 0.3) is 6.08 Å². The van der Waals surface area contributed by atoms with Gasteiger partial charge in [0.2, 0.25) is 11.8 Å². The fourth-order valence-electron chi connectivity index (χ4n) is 3.68. The molecule has 1 aliphatic rings. The summed E-state index contributed by atoms with van der Waals surface area (Å²) in [5, 5.41) is 0.528. The SMILES string of the molecule is Cc1ccc(Cl)c(Oc2cc(N3CCN(C(=O)/C=C/c4ccccc4)[C@@H](C)C3)ncn2)c1. The van der Waals surface area contributed by atoms with E-state index in [1.807, 2.05) is 67.3 Å². The van der Waals surface area contributed by atoms with Gasteiger partial charge in [0.05, 0.1) is 5.02 Å². The number of piperazine rings is 1. The lowest BCUT2D eigenvalue weighted by Gasteiger charge is -2.40. The summed E-state index contributed by atoms with van der Waals surface area (Å²) in [7, 11) is 0.